The van der Waals surface area contributed by atoms with E-state index in [2.05, 4.69) is 185 Å². The summed E-state index contributed by atoms with van der Waals surface area (Å²) in [6.07, 6.45) is 1.83. The van der Waals surface area contributed by atoms with Gasteiger partial charge < -0.3 is 4.57 Å². The van der Waals surface area contributed by atoms with Crippen LogP contribution in [-0.4, -0.2) is 24.1 Å². The van der Waals surface area contributed by atoms with Gasteiger partial charge >= 0.3 is 0 Å². The molecule has 5 heteroatoms. The normalized spacial score (nSPS) is 11.7. The van der Waals surface area contributed by atoms with Crippen molar-refractivity contribution in [2.45, 2.75) is 0 Å². The van der Waals surface area contributed by atoms with Crippen molar-refractivity contribution in [1.82, 2.24) is 24.1 Å². The molecule has 60 heavy (non-hydrogen) atoms. The van der Waals surface area contributed by atoms with Crippen LogP contribution in [0.1, 0.15) is 0 Å². The molecule has 280 valence electrons. The summed E-state index contributed by atoms with van der Waals surface area (Å²) in [6.45, 7) is 0. The second kappa shape index (κ2) is 13.8. The summed E-state index contributed by atoms with van der Waals surface area (Å²) in [4.78, 5) is 16.2. The Balaban J connectivity index is 1.28. The molecule has 0 aliphatic carbocycles. The molecule has 12 rings (SSSR count). The van der Waals surface area contributed by atoms with Crippen molar-refractivity contribution in [2.24, 2.45) is 0 Å². The zero-order chi connectivity index (χ0) is 39.6. The fourth-order valence-electron chi connectivity index (χ4n) is 9.04. The van der Waals surface area contributed by atoms with Gasteiger partial charge in [0.25, 0.3) is 0 Å². The van der Waals surface area contributed by atoms with Gasteiger partial charge in [-0.15, -0.1) is 0 Å². The molecule has 0 spiro atoms. The highest BCUT2D eigenvalue weighted by Gasteiger charge is 2.25. The van der Waals surface area contributed by atoms with Gasteiger partial charge in [0.15, 0.2) is 5.82 Å². The predicted molar refractivity (Wildman–Crippen MR) is 248 cm³/mol. The van der Waals surface area contributed by atoms with Crippen molar-refractivity contribution >= 4 is 54.4 Å². The van der Waals surface area contributed by atoms with Crippen molar-refractivity contribution < 1.29 is 0 Å². The van der Waals surface area contributed by atoms with Crippen molar-refractivity contribution in [3.63, 3.8) is 0 Å². The van der Waals surface area contributed by atoms with Crippen LogP contribution in [0.5, 0.6) is 0 Å². The van der Waals surface area contributed by atoms with E-state index in [1.54, 1.807) is 0 Å². The molecule has 4 aromatic heterocycles. The number of nitrogens with zero attached hydrogens (tertiary/aromatic N) is 5. The highest BCUT2D eigenvalue weighted by molar-refractivity contribution is 6.25. The van der Waals surface area contributed by atoms with Crippen LogP contribution in [-0.2, 0) is 0 Å². The van der Waals surface area contributed by atoms with E-state index in [1.807, 2.05) is 36.5 Å². The first kappa shape index (κ1) is 33.9. The smallest absolute Gasteiger partial charge is 0.166 e. The molecular weight excluding hydrogens is 731 g/mol. The number of rotatable bonds is 6. The fraction of sp³-hybridized carbons (Fsp3) is 0. The zero-order valence-electron chi connectivity index (χ0n) is 32.4. The van der Waals surface area contributed by atoms with Crippen molar-refractivity contribution in [3.8, 4) is 56.5 Å². The maximum absolute atomic E-state index is 5.74. The summed E-state index contributed by atoms with van der Waals surface area (Å²) in [6, 6.07) is 72.9. The van der Waals surface area contributed by atoms with Crippen LogP contribution >= 0.6 is 0 Å². The van der Waals surface area contributed by atoms with Gasteiger partial charge in [-0.3, -0.25) is 9.55 Å². The van der Waals surface area contributed by atoms with Gasteiger partial charge in [-0.05, 0) is 70.4 Å². The Morgan fingerprint density at radius 2 is 0.950 bits per heavy atom. The SMILES string of the molecule is c1ccc(-c2ccc3c4cc5c6c7ccccc7ccc6n(-c6ccccc6)c5cc4n(-c4nc(-c5ccccc5)c(-c5ccccc5)nc4-c4ccccn4)c3c2)cc1. The maximum Gasteiger partial charge on any atom is 0.166 e. The molecular formula is C55H35N5. The van der Waals surface area contributed by atoms with Crippen LogP contribution < -0.4 is 0 Å². The summed E-state index contributed by atoms with van der Waals surface area (Å²) < 4.78 is 4.74. The summed E-state index contributed by atoms with van der Waals surface area (Å²) in [5, 5.41) is 7.16. The number of aromatic nitrogens is 5. The molecule has 0 saturated carbocycles. The van der Waals surface area contributed by atoms with Gasteiger partial charge in [0.05, 0.1) is 39.1 Å². The molecule has 0 bridgehead atoms. The van der Waals surface area contributed by atoms with Crippen molar-refractivity contribution in [1.29, 1.82) is 0 Å². The molecule has 8 aromatic carbocycles. The van der Waals surface area contributed by atoms with E-state index < -0.39 is 0 Å². The minimum atomic E-state index is 0.702. The highest BCUT2D eigenvalue weighted by Crippen LogP contribution is 2.44. The second-order valence-electron chi connectivity index (χ2n) is 15.2. The first-order valence-corrected chi connectivity index (χ1v) is 20.3. The topological polar surface area (TPSA) is 48.5 Å². The quantitative estimate of drug-likeness (QED) is 0.169. The Morgan fingerprint density at radius 1 is 0.333 bits per heavy atom. The van der Waals surface area contributed by atoms with Crippen molar-refractivity contribution in [3.05, 3.63) is 212 Å². The molecule has 12 aromatic rings. The summed E-state index contributed by atoms with van der Waals surface area (Å²) >= 11 is 0. The first-order chi connectivity index (χ1) is 29.8. The third-order valence-corrected chi connectivity index (χ3v) is 11.8. The maximum atomic E-state index is 5.74. The van der Waals surface area contributed by atoms with Gasteiger partial charge in [-0.2, -0.15) is 0 Å². The lowest BCUT2D eigenvalue weighted by atomic mass is 10.0. The molecule has 0 aliphatic heterocycles. The highest BCUT2D eigenvalue weighted by atomic mass is 15.1. The molecule has 0 aliphatic rings. The van der Waals surface area contributed by atoms with Gasteiger partial charge in [0.1, 0.15) is 5.69 Å². The fourth-order valence-corrected chi connectivity index (χ4v) is 9.04. The Bertz CT molecular complexity index is 3560. The minimum Gasteiger partial charge on any atom is -0.309 e. The van der Waals surface area contributed by atoms with Crippen LogP contribution in [0.2, 0.25) is 0 Å². The molecule has 0 fully saturated rings. The van der Waals surface area contributed by atoms with Crippen LogP contribution in [0.4, 0.5) is 0 Å². The molecule has 0 atom stereocenters. The standard InChI is InChI=1S/C55H35N5/c1-5-17-36(18-6-1)40-28-30-43-44-34-45-50(59(41-24-11-4-12-25-41)47-31-29-37-19-13-14-26-42(37)51(45)47)35-49(44)60(48(43)33-40)55-54(46-27-15-16-32-56-46)57-52(38-20-7-2-8-21-38)53(58-55)39-22-9-3-10-23-39/h1-35H. The Morgan fingerprint density at radius 3 is 1.67 bits per heavy atom. The van der Waals surface area contributed by atoms with Crippen LogP contribution in [0.25, 0.3) is 111 Å². The molecule has 0 amide bonds. The van der Waals surface area contributed by atoms with Crippen LogP contribution in [0, 0.1) is 0 Å². The number of pyridine rings is 1. The average Bonchev–Trinajstić information content (AvgIpc) is 3.83. The molecule has 0 N–H and O–H groups in total. The Hall–Kier alpha value is -8.15. The molecule has 0 unspecified atom stereocenters. The minimum absolute atomic E-state index is 0.702. The van der Waals surface area contributed by atoms with Gasteiger partial charge in [-0.25, -0.2) is 9.97 Å². The number of hydrogen-bond donors (Lipinski definition) is 0. The lowest BCUT2D eigenvalue weighted by Gasteiger charge is -2.17. The van der Waals surface area contributed by atoms with Gasteiger partial charge in [0.2, 0.25) is 0 Å². The van der Waals surface area contributed by atoms with E-state index in [0.29, 0.717) is 11.5 Å². The number of benzene rings is 8. The van der Waals surface area contributed by atoms with Crippen LogP contribution in [0.3, 0.4) is 0 Å². The van der Waals surface area contributed by atoms with Gasteiger partial charge in [0, 0.05) is 44.6 Å². The van der Waals surface area contributed by atoms with E-state index in [9.17, 15) is 0 Å². The second-order valence-corrected chi connectivity index (χ2v) is 15.2. The Kier molecular flexibility index (Phi) is 7.78. The summed E-state index contributed by atoms with van der Waals surface area (Å²) in [5.74, 6) is 0.713. The third-order valence-electron chi connectivity index (χ3n) is 11.8. The Labute approximate surface area is 346 Å². The largest absolute Gasteiger partial charge is 0.309 e. The van der Waals surface area contributed by atoms with E-state index in [1.165, 1.54) is 21.5 Å². The monoisotopic (exact) mass is 765 g/mol. The van der Waals surface area contributed by atoms with Gasteiger partial charge in [-0.1, -0.05) is 158 Å². The molecule has 5 nitrogen and oxygen atoms in total. The van der Waals surface area contributed by atoms with E-state index in [-0.39, 0.29) is 0 Å². The van der Waals surface area contributed by atoms with E-state index in [0.717, 1.165) is 77.9 Å². The zero-order valence-corrected chi connectivity index (χ0v) is 32.4. The third kappa shape index (κ3) is 5.37. The van der Waals surface area contributed by atoms with Crippen molar-refractivity contribution in [2.75, 3.05) is 0 Å². The molecule has 0 saturated heterocycles. The number of hydrogen-bond acceptors (Lipinski definition) is 3. The lowest BCUT2D eigenvalue weighted by Crippen LogP contribution is -2.07. The summed E-state index contributed by atoms with van der Waals surface area (Å²) in [5.41, 5.74) is 12.8. The molecule has 4 heterocycles. The predicted octanol–water partition coefficient (Wildman–Crippen LogP) is 13.9. The first-order valence-electron chi connectivity index (χ1n) is 20.3. The van der Waals surface area contributed by atoms with Crippen LogP contribution in [0.15, 0.2) is 212 Å². The summed E-state index contributed by atoms with van der Waals surface area (Å²) in [7, 11) is 0. The van der Waals surface area contributed by atoms with E-state index >= 15 is 0 Å². The van der Waals surface area contributed by atoms with E-state index in [4.69, 9.17) is 15.0 Å². The average molecular weight is 766 g/mol. The lowest BCUT2D eigenvalue weighted by molar-refractivity contribution is 1.05. The number of para-hydroxylation sites is 1. The molecule has 0 radical (unpaired) electrons. The number of fused-ring (bicyclic) bond motifs is 8.